The molecule has 0 fully saturated rings. The maximum atomic E-state index is 12.8. The molecule has 0 aliphatic carbocycles. The molecule has 1 heterocycles. The Hall–Kier alpha value is -3.61. The zero-order valence-corrected chi connectivity index (χ0v) is 15.7. The highest BCUT2D eigenvalue weighted by molar-refractivity contribution is 6.16. The highest BCUT2D eigenvalue weighted by Gasteiger charge is 2.43. The van der Waals surface area contributed by atoms with Gasteiger partial charge in [0.25, 0.3) is 5.91 Å². The number of ketones is 1. The van der Waals surface area contributed by atoms with Crippen LogP contribution in [-0.4, -0.2) is 29.8 Å². The van der Waals surface area contributed by atoms with Gasteiger partial charge in [-0.15, -0.1) is 0 Å². The first-order chi connectivity index (χ1) is 13.3. The lowest BCUT2D eigenvalue weighted by Gasteiger charge is -2.27. The normalized spacial score (nSPS) is 16.3. The molecule has 2 aromatic carbocycles. The molecular formula is C21H20N2O5. The van der Waals surface area contributed by atoms with Crippen LogP contribution in [0.2, 0.25) is 0 Å². The van der Waals surface area contributed by atoms with Crippen LogP contribution in [0.1, 0.15) is 25.5 Å². The molecule has 7 heteroatoms. The Labute approximate surface area is 162 Å². The average Bonchev–Trinajstić information content (AvgIpc) is 2.93. The van der Waals surface area contributed by atoms with Crippen LogP contribution in [0.25, 0.3) is 0 Å². The SMILES string of the molecule is COc1ccc([C@@H]2C(C(C)=O)=C(O)C(=O)N2c2ccc(NC(C)=O)cc2)cc1. The summed E-state index contributed by atoms with van der Waals surface area (Å²) in [6, 6.07) is 12.8. The maximum absolute atomic E-state index is 12.8. The first kappa shape index (κ1) is 19.2. The molecule has 28 heavy (non-hydrogen) atoms. The van der Waals surface area contributed by atoms with E-state index in [4.69, 9.17) is 4.74 Å². The molecule has 144 valence electrons. The van der Waals surface area contributed by atoms with Gasteiger partial charge in [0.05, 0.1) is 18.7 Å². The van der Waals surface area contributed by atoms with Crippen molar-refractivity contribution in [1.29, 1.82) is 0 Å². The lowest BCUT2D eigenvalue weighted by molar-refractivity contribution is -0.117. The van der Waals surface area contributed by atoms with Gasteiger partial charge in [-0.3, -0.25) is 19.3 Å². The molecule has 1 aliphatic heterocycles. The fourth-order valence-electron chi connectivity index (χ4n) is 3.24. The Morgan fingerprint density at radius 3 is 2.14 bits per heavy atom. The standard InChI is InChI=1S/C21H20N2O5/c1-12(24)18-19(14-4-10-17(28-3)11-5-14)23(21(27)20(18)26)16-8-6-15(7-9-16)22-13(2)25/h4-11,19,26H,1-3H3,(H,22,25)/t19-/m1/s1. The van der Waals surface area contributed by atoms with Crippen LogP contribution >= 0.6 is 0 Å². The van der Waals surface area contributed by atoms with Crippen LogP contribution in [0, 0.1) is 0 Å². The summed E-state index contributed by atoms with van der Waals surface area (Å²) in [6.07, 6.45) is 0. The summed E-state index contributed by atoms with van der Waals surface area (Å²) in [7, 11) is 1.55. The van der Waals surface area contributed by atoms with E-state index >= 15 is 0 Å². The lowest BCUT2D eigenvalue weighted by Crippen LogP contribution is -2.30. The number of aliphatic hydroxyl groups is 1. The molecule has 2 N–H and O–H groups in total. The third-order valence-electron chi connectivity index (χ3n) is 4.48. The van der Waals surface area contributed by atoms with Crippen LogP contribution in [0.5, 0.6) is 5.75 Å². The van der Waals surface area contributed by atoms with Crippen molar-refractivity contribution in [3.05, 3.63) is 65.4 Å². The Balaban J connectivity index is 2.06. The highest BCUT2D eigenvalue weighted by Crippen LogP contribution is 2.41. The number of methoxy groups -OCH3 is 1. The lowest BCUT2D eigenvalue weighted by atomic mass is 9.96. The molecule has 2 amide bonds. The molecule has 1 aliphatic rings. The number of Topliss-reactive ketones (excluding diaryl/α,β-unsaturated/α-hetero) is 1. The summed E-state index contributed by atoms with van der Waals surface area (Å²) in [5, 5.41) is 13.0. The van der Waals surface area contributed by atoms with Crippen LogP contribution in [0.4, 0.5) is 11.4 Å². The summed E-state index contributed by atoms with van der Waals surface area (Å²) in [4.78, 5) is 37.5. The van der Waals surface area contributed by atoms with Gasteiger partial charge >= 0.3 is 0 Å². The van der Waals surface area contributed by atoms with Crippen LogP contribution in [-0.2, 0) is 14.4 Å². The molecule has 0 saturated carbocycles. The Kier molecular flexibility index (Phi) is 5.17. The zero-order valence-electron chi connectivity index (χ0n) is 15.7. The third-order valence-corrected chi connectivity index (χ3v) is 4.48. The summed E-state index contributed by atoms with van der Waals surface area (Å²) in [6.45, 7) is 2.72. The van der Waals surface area contributed by atoms with Crippen LogP contribution in [0.3, 0.4) is 0 Å². The van der Waals surface area contributed by atoms with Gasteiger partial charge in [-0.05, 0) is 48.9 Å². The second-order valence-electron chi connectivity index (χ2n) is 6.40. The second kappa shape index (κ2) is 7.56. The Bertz CT molecular complexity index is 961. The van der Waals surface area contributed by atoms with E-state index in [2.05, 4.69) is 5.32 Å². The molecular weight excluding hydrogens is 360 g/mol. The van der Waals surface area contributed by atoms with Gasteiger partial charge in [0.15, 0.2) is 11.5 Å². The average molecular weight is 380 g/mol. The number of amides is 2. The number of benzene rings is 2. The topological polar surface area (TPSA) is 95.9 Å². The fourth-order valence-corrected chi connectivity index (χ4v) is 3.24. The summed E-state index contributed by atoms with van der Waals surface area (Å²) < 4.78 is 5.16. The number of hydrogen-bond donors (Lipinski definition) is 2. The molecule has 0 spiro atoms. The van der Waals surface area contributed by atoms with E-state index in [9.17, 15) is 19.5 Å². The van der Waals surface area contributed by atoms with Gasteiger partial charge in [0.2, 0.25) is 5.91 Å². The van der Waals surface area contributed by atoms with Crippen molar-refractivity contribution in [2.24, 2.45) is 0 Å². The van der Waals surface area contributed by atoms with Gasteiger partial charge in [-0.2, -0.15) is 0 Å². The van der Waals surface area contributed by atoms with E-state index in [0.29, 0.717) is 22.7 Å². The fraction of sp³-hybridized carbons (Fsp3) is 0.190. The number of anilines is 2. The smallest absolute Gasteiger partial charge is 0.294 e. The molecule has 7 nitrogen and oxygen atoms in total. The quantitative estimate of drug-likeness (QED) is 0.831. The maximum Gasteiger partial charge on any atom is 0.294 e. The predicted molar refractivity (Wildman–Crippen MR) is 104 cm³/mol. The number of nitrogens with zero attached hydrogens (tertiary/aromatic N) is 1. The van der Waals surface area contributed by atoms with E-state index in [1.165, 1.54) is 18.7 Å². The Morgan fingerprint density at radius 1 is 1.04 bits per heavy atom. The number of carbonyl (C=O) groups excluding carboxylic acids is 3. The summed E-state index contributed by atoms with van der Waals surface area (Å²) in [5.41, 5.74) is 1.77. The predicted octanol–water partition coefficient (Wildman–Crippen LogP) is 3.14. The number of hydrogen-bond acceptors (Lipinski definition) is 5. The van der Waals surface area contributed by atoms with E-state index in [1.807, 2.05) is 0 Å². The van der Waals surface area contributed by atoms with Crippen molar-refractivity contribution >= 4 is 29.0 Å². The van der Waals surface area contributed by atoms with Gasteiger partial charge in [0.1, 0.15) is 5.75 Å². The molecule has 0 bridgehead atoms. The molecule has 0 radical (unpaired) electrons. The van der Waals surface area contributed by atoms with Gasteiger partial charge in [0, 0.05) is 18.3 Å². The van der Waals surface area contributed by atoms with Crippen molar-refractivity contribution in [3.8, 4) is 5.75 Å². The number of nitrogens with one attached hydrogen (secondary N) is 1. The third kappa shape index (κ3) is 3.46. The first-order valence-corrected chi connectivity index (χ1v) is 8.62. The van der Waals surface area contributed by atoms with Gasteiger partial charge in [-0.1, -0.05) is 12.1 Å². The molecule has 0 aromatic heterocycles. The van der Waals surface area contributed by atoms with Crippen molar-refractivity contribution in [3.63, 3.8) is 0 Å². The van der Waals surface area contributed by atoms with Crippen molar-refractivity contribution in [2.45, 2.75) is 19.9 Å². The van der Waals surface area contributed by atoms with Crippen LogP contribution in [0.15, 0.2) is 59.9 Å². The van der Waals surface area contributed by atoms with Crippen LogP contribution < -0.4 is 15.0 Å². The summed E-state index contributed by atoms with van der Waals surface area (Å²) >= 11 is 0. The number of ether oxygens (including phenoxy) is 1. The molecule has 0 unspecified atom stereocenters. The monoisotopic (exact) mass is 380 g/mol. The van der Waals surface area contributed by atoms with Crippen molar-refractivity contribution in [1.82, 2.24) is 0 Å². The van der Waals surface area contributed by atoms with E-state index in [1.54, 1.807) is 55.6 Å². The number of carbonyl (C=O) groups is 3. The van der Waals surface area contributed by atoms with E-state index in [-0.39, 0.29) is 17.3 Å². The second-order valence-corrected chi connectivity index (χ2v) is 6.40. The van der Waals surface area contributed by atoms with Gasteiger partial charge < -0.3 is 15.2 Å². The molecule has 2 aromatic rings. The molecule has 1 atom stereocenters. The van der Waals surface area contributed by atoms with Crippen molar-refractivity contribution < 1.29 is 24.2 Å². The first-order valence-electron chi connectivity index (χ1n) is 8.62. The minimum Gasteiger partial charge on any atom is -0.503 e. The Morgan fingerprint density at radius 2 is 1.64 bits per heavy atom. The van der Waals surface area contributed by atoms with Crippen molar-refractivity contribution in [2.75, 3.05) is 17.3 Å². The molecule has 0 saturated heterocycles. The van der Waals surface area contributed by atoms with E-state index < -0.39 is 17.7 Å². The summed E-state index contributed by atoms with van der Waals surface area (Å²) in [5.74, 6) is -1.17. The zero-order chi connectivity index (χ0) is 20.4. The number of rotatable bonds is 5. The largest absolute Gasteiger partial charge is 0.503 e. The highest BCUT2D eigenvalue weighted by atomic mass is 16.5. The van der Waals surface area contributed by atoms with Gasteiger partial charge in [-0.25, -0.2) is 0 Å². The number of aliphatic hydroxyl groups excluding tert-OH is 1. The minimum absolute atomic E-state index is 0.0427. The minimum atomic E-state index is -0.762. The van der Waals surface area contributed by atoms with E-state index in [0.717, 1.165) is 0 Å². The molecule has 3 rings (SSSR count).